The van der Waals surface area contributed by atoms with E-state index in [1.54, 1.807) is 36.4 Å². The molecule has 0 saturated carbocycles. The molecule has 0 aromatic heterocycles. The fraction of sp³-hybridized carbons (Fsp3) is 0.158. The molecule has 2 aromatic rings. The first-order chi connectivity index (χ1) is 11.0. The van der Waals surface area contributed by atoms with Crippen molar-refractivity contribution in [3.8, 4) is 11.5 Å². The molecule has 0 spiro atoms. The molecule has 0 fully saturated rings. The number of benzene rings is 2. The van der Waals surface area contributed by atoms with Gasteiger partial charge in [-0.05, 0) is 38.1 Å². The van der Waals surface area contributed by atoms with Crippen LogP contribution < -0.4 is 4.74 Å². The molecule has 0 bridgehead atoms. The Bertz CT molecular complexity index is 788. The van der Waals surface area contributed by atoms with Crippen LogP contribution in [0.5, 0.6) is 11.5 Å². The monoisotopic (exact) mass is 310 g/mol. The summed E-state index contributed by atoms with van der Waals surface area (Å²) >= 11 is 0. The molecule has 0 heterocycles. The van der Waals surface area contributed by atoms with E-state index in [9.17, 15) is 14.7 Å². The summed E-state index contributed by atoms with van der Waals surface area (Å²) < 4.78 is 5.12. The first-order valence-corrected chi connectivity index (χ1v) is 7.17. The van der Waals surface area contributed by atoms with Gasteiger partial charge in [-0.25, -0.2) is 0 Å². The second kappa shape index (κ2) is 6.92. The van der Waals surface area contributed by atoms with Gasteiger partial charge in [0.05, 0.1) is 7.11 Å². The minimum atomic E-state index is -0.337. The number of aromatic hydroxyl groups is 1. The SMILES string of the molecule is C/C=C/c1cc(C(C)=O)c(C(=O)c2cccc(OC)c2)cc1O. The summed E-state index contributed by atoms with van der Waals surface area (Å²) in [5.74, 6) is -0.0623. The number of rotatable bonds is 5. The van der Waals surface area contributed by atoms with Crippen LogP contribution in [-0.4, -0.2) is 23.8 Å². The molecule has 2 rings (SSSR count). The van der Waals surface area contributed by atoms with E-state index in [-0.39, 0.29) is 28.4 Å². The van der Waals surface area contributed by atoms with Crippen molar-refractivity contribution < 1.29 is 19.4 Å². The standard InChI is InChI=1S/C19H18O4/c1-4-6-13-10-16(12(2)20)17(11-18(13)21)19(22)14-7-5-8-15(9-14)23-3/h4-11,21H,1-3H3/b6-4+. The lowest BCUT2D eigenvalue weighted by atomic mass is 9.93. The highest BCUT2D eigenvalue weighted by molar-refractivity contribution is 6.16. The second-order valence-corrected chi connectivity index (χ2v) is 5.07. The Labute approximate surface area is 135 Å². The molecular weight excluding hydrogens is 292 g/mol. The number of hydrogen-bond acceptors (Lipinski definition) is 4. The number of phenols is 1. The van der Waals surface area contributed by atoms with Crippen molar-refractivity contribution in [3.05, 3.63) is 64.7 Å². The lowest BCUT2D eigenvalue weighted by Gasteiger charge is -2.10. The number of ether oxygens (including phenoxy) is 1. The van der Waals surface area contributed by atoms with E-state index in [0.717, 1.165) is 0 Å². The van der Waals surface area contributed by atoms with Crippen LogP contribution in [0.4, 0.5) is 0 Å². The number of allylic oxidation sites excluding steroid dienone is 1. The molecular formula is C19H18O4. The summed E-state index contributed by atoms with van der Waals surface area (Å²) in [6.45, 7) is 3.20. The van der Waals surface area contributed by atoms with Crippen molar-refractivity contribution in [1.82, 2.24) is 0 Å². The smallest absolute Gasteiger partial charge is 0.194 e. The number of hydrogen-bond donors (Lipinski definition) is 1. The molecule has 4 heteroatoms. The lowest BCUT2D eigenvalue weighted by molar-refractivity contribution is 0.0990. The van der Waals surface area contributed by atoms with Gasteiger partial charge in [0.1, 0.15) is 11.5 Å². The molecule has 118 valence electrons. The maximum Gasteiger partial charge on any atom is 0.194 e. The maximum absolute atomic E-state index is 12.7. The second-order valence-electron chi connectivity index (χ2n) is 5.07. The third-order valence-corrected chi connectivity index (χ3v) is 3.47. The van der Waals surface area contributed by atoms with E-state index in [2.05, 4.69) is 0 Å². The first kappa shape index (κ1) is 16.5. The van der Waals surface area contributed by atoms with Crippen LogP contribution in [0.3, 0.4) is 0 Å². The third-order valence-electron chi connectivity index (χ3n) is 3.47. The highest BCUT2D eigenvalue weighted by Gasteiger charge is 2.19. The van der Waals surface area contributed by atoms with Crippen molar-refractivity contribution in [1.29, 1.82) is 0 Å². The van der Waals surface area contributed by atoms with Gasteiger partial charge in [-0.15, -0.1) is 0 Å². The van der Waals surface area contributed by atoms with Crippen LogP contribution >= 0.6 is 0 Å². The van der Waals surface area contributed by atoms with Crippen LogP contribution in [0.25, 0.3) is 6.08 Å². The molecule has 0 amide bonds. The van der Waals surface area contributed by atoms with Crippen molar-refractivity contribution in [2.75, 3.05) is 7.11 Å². The van der Waals surface area contributed by atoms with Crippen LogP contribution in [-0.2, 0) is 0 Å². The van der Waals surface area contributed by atoms with Gasteiger partial charge in [-0.1, -0.05) is 24.3 Å². The van der Waals surface area contributed by atoms with Crippen molar-refractivity contribution in [2.24, 2.45) is 0 Å². The summed E-state index contributed by atoms with van der Waals surface area (Å²) in [6, 6.07) is 9.55. The molecule has 0 unspecified atom stereocenters. The summed E-state index contributed by atoms with van der Waals surface area (Å²) in [5.41, 5.74) is 1.35. The molecule has 2 aromatic carbocycles. The van der Waals surface area contributed by atoms with Gasteiger partial charge < -0.3 is 9.84 Å². The normalized spacial score (nSPS) is 10.7. The van der Waals surface area contributed by atoms with Crippen molar-refractivity contribution >= 4 is 17.6 Å². The molecule has 0 saturated heterocycles. The first-order valence-electron chi connectivity index (χ1n) is 7.17. The van der Waals surface area contributed by atoms with Gasteiger partial charge in [0.15, 0.2) is 11.6 Å². The molecule has 0 atom stereocenters. The highest BCUT2D eigenvalue weighted by atomic mass is 16.5. The van der Waals surface area contributed by atoms with Crippen LogP contribution in [0, 0.1) is 0 Å². The lowest BCUT2D eigenvalue weighted by Crippen LogP contribution is -2.09. The Morgan fingerprint density at radius 1 is 1.13 bits per heavy atom. The number of carbonyl (C=O) groups is 2. The fourth-order valence-electron chi connectivity index (χ4n) is 2.32. The Morgan fingerprint density at radius 3 is 2.48 bits per heavy atom. The average Bonchev–Trinajstić information content (AvgIpc) is 2.55. The molecule has 0 radical (unpaired) electrons. The average molecular weight is 310 g/mol. The van der Waals surface area contributed by atoms with Gasteiger partial charge in [0.25, 0.3) is 0 Å². The van der Waals surface area contributed by atoms with Gasteiger partial charge >= 0.3 is 0 Å². The van der Waals surface area contributed by atoms with Gasteiger partial charge in [-0.2, -0.15) is 0 Å². The third kappa shape index (κ3) is 3.48. The van der Waals surface area contributed by atoms with Gasteiger partial charge in [0.2, 0.25) is 0 Å². The predicted molar refractivity (Wildman–Crippen MR) is 89.2 cm³/mol. The van der Waals surface area contributed by atoms with Gasteiger partial charge in [0, 0.05) is 22.3 Å². The zero-order valence-corrected chi connectivity index (χ0v) is 13.3. The Balaban J connectivity index is 2.59. The Morgan fingerprint density at radius 2 is 1.87 bits per heavy atom. The van der Waals surface area contributed by atoms with E-state index in [1.807, 2.05) is 6.92 Å². The topological polar surface area (TPSA) is 63.6 Å². The quantitative estimate of drug-likeness (QED) is 0.852. The van der Waals surface area contributed by atoms with E-state index in [0.29, 0.717) is 16.9 Å². The Hall–Kier alpha value is -2.88. The summed E-state index contributed by atoms with van der Waals surface area (Å²) in [5, 5.41) is 10.1. The Kier molecular flexibility index (Phi) is 4.96. The van der Waals surface area contributed by atoms with E-state index < -0.39 is 0 Å². The van der Waals surface area contributed by atoms with E-state index in [1.165, 1.54) is 26.2 Å². The minimum absolute atomic E-state index is 0.0423. The zero-order chi connectivity index (χ0) is 17.0. The molecule has 0 aliphatic carbocycles. The molecule has 0 aliphatic heterocycles. The van der Waals surface area contributed by atoms with Crippen LogP contribution in [0.2, 0.25) is 0 Å². The molecule has 23 heavy (non-hydrogen) atoms. The maximum atomic E-state index is 12.7. The predicted octanol–water partition coefficient (Wildman–Crippen LogP) is 3.87. The summed E-state index contributed by atoms with van der Waals surface area (Å²) in [6.07, 6.45) is 3.43. The van der Waals surface area contributed by atoms with E-state index in [4.69, 9.17) is 4.74 Å². The number of carbonyl (C=O) groups excluding carboxylic acids is 2. The largest absolute Gasteiger partial charge is 0.507 e. The van der Waals surface area contributed by atoms with Gasteiger partial charge in [-0.3, -0.25) is 9.59 Å². The molecule has 4 nitrogen and oxygen atoms in total. The summed E-state index contributed by atoms with van der Waals surface area (Å²) in [4.78, 5) is 24.6. The van der Waals surface area contributed by atoms with Crippen LogP contribution in [0.15, 0.2) is 42.5 Å². The number of methoxy groups -OCH3 is 1. The van der Waals surface area contributed by atoms with Crippen LogP contribution in [0.1, 0.15) is 45.7 Å². The van der Waals surface area contributed by atoms with Crippen molar-refractivity contribution in [3.63, 3.8) is 0 Å². The molecule has 1 N–H and O–H groups in total. The highest BCUT2D eigenvalue weighted by Crippen LogP contribution is 2.27. The molecule has 0 aliphatic rings. The number of Topliss-reactive ketones (excluding diaryl/α,β-unsaturated/α-hetero) is 1. The number of ketones is 2. The van der Waals surface area contributed by atoms with Crippen molar-refractivity contribution in [2.45, 2.75) is 13.8 Å². The fourth-order valence-corrected chi connectivity index (χ4v) is 2.32. The summed E-state index contributed by atoms with van der Waals surface area (Å²) in [7, 11) is 1.52. The number of phenolic OH excluding ortho intramolecular Hbond substituents is 1. The van der Waals surface area contributed by atoms with E-state index >= 15 is 0 Å². The zero-order valence-electron chi connectivity index (χ0n) is 13.3. The minimum Gasteiger partial charge on any atom is -0.507 e.